The summed E-state index contributed by atoms with van der Waals surface area (Å²) < 4.78 is 0. The maximum atomic E-state index is 12.4. The Kier molecular flexibility index (Phi) is 5.01. The molecule has 0 atom stereocenters. The number of likely N-dealkylation sites (N-methyl/N-ethyl adjacent to an activating group) is 1. The molecule has 1 amide bonds. The smallest absolute Gasteiger partial charge is 0.253 e. The van der Waals surface area contributed by atoms with E-state index in [1.807, 2.05) is 38.4 Å². The summed E-state index contributed by atoms with van der Waals surface area (Å²) >= 11 is 0. The van der Waals surface area contributed by atoms with E-state index in [4.69, 9.17) is 0 Å². The van der Waals surface area contributed by atoms with Crippen molar-refractivity contribution in [3.05, 3.63) is 35.4 Å². The van der Waals surface area contributed by atoms with E-state index in [1.165, 1.54) is 5.56 Å². The molecule has 2 rings (SSSR count). The van der Waals surface area contributed by atoms with E-state index in [1.54, 1.807) is 11.9 Å². The molecular formula is C17H26N2O2. The van der Waals surface area contributed by atoms with E-state index < -0.39 is 5.60 Å². The molecule has 4 nitrogen and oxygen atoms in total. The molecule has 1 aromatic carbocycles. The van der Waals surface area contributed by atoms with Gasteiger partial charge in [-0.3, -0.25) is 4.79 Å². The van der Waals surface area contributed by atoms with Crippen molar-refractivity contribution < 1.29 is 9.90 Å². The molecule has 0 heterocycles. The summed E-state index contributed by atoms with van der Waals surface area (Å²) in [6, 6.07) is 7.73. The van der Waals surface area contributed by atoms with Crippen molar-refractivity contribution in [2.45, 2.75) is 37.8 Å². The summed E-state index contributed by atoms with van der Waals surface area (Å²) in [4.78, 5) is 16.2. The van der Waals surface area contributed by atoms with Crippen LogP contribution in [-0.2, 0) is 6.54 Å². The van der Waals surface area contributed by atoms with Crippen molar-refractivity contribution >= 4 is 5.91 Å². The Morgan fingerprint density at radius 3 is 2.24 bits per heavy atom. The van der Waals surface area contributed by atoms with E-state index in [0.29, 0.717) is 12.1 Å². The van der Waals surface area contributed by atoms with E-state index in [2.05, 4.69) is 4.90 Å². The topological polar surface area (TPSA) is 43.8 Å². The summed E-state index contributed by atoms with van der Waals surface area (Å²) in [5.74, 6) is -0.0215. The molecule has 1 aliphatic rings. The van der Waals surface area contributed by atoms with E-state index >= 15 is 0 Å². The lowest BCUT2D eigenvalue weighted by atomic mass is 10.0. The number of hydrogen-bond acceptors (Lipinski definition) is 3. The van der Waals surface area contributed by atoms with Crippen LogP contribution >= 0.6 is 0 Å². The van der Waals surface area contributed by atoms with Gasteiger partial charge < -0.3 is 14.9 Å². The number of carbonyl (C=O) groups excluding carboxylic acids is 1. The fourth-order valence-corrected chi connectivity index (χ4v) is 3.04. The minimum absolute atomic E-state index is 0.0215. The number of aliphatic hydroxyl groups is 1. The van der Waals surface area contributed by atoms with Crippen molar-refractivity contribution in [3.8, 4) is 0 Å². The second kappa shape index (κ2) is 6.58. The molecule has 1 fully saturated rings. The first kappa shape index (κ1) is 16.0. The maximum Gasteiger partial charge on any atom is 0.253 e. The van der Waals surface area contributed by atoms with Crippen molar-refractivity contribution in [1.29, 1.82) is 0 Å². The van der Waals surface area contributed by atoms with Gasteiger partial charge in [-0.1, -0.05) is 25.0 Å². The first-order valence-electron chi connectivity index (χ1n) is 7.61. The third-order valence-electron chi connectivity index (χ3n) is 4.11. The van der Waals surface area contributed by atoms with Crippen molar-refractivity contribution in [1.82, 2.24) is 9.80 Å². The number of rotatable bonds is 5. The third kappa shape index (κ3) is 4.29. The van der Waals surface area contributed by atoms with Gasteiger partial charge in [-0.2, -0.15) is 0 Å². The maximum absolute atomic E-state index is 12.4. The van der Waals surface area contributed by atoms with Crippen LogP contribution in [-0.4, -0.2) is 54.1 Å². The molecule has 1 aliphatic carbocycles. The standard InChI is InChI=1S/C17H26N2O2/c1-18(2)12-14-6-8-15(9-7-14)16(20)19(3)13-17(21)10-4-5-11-17/h6-9,21H,4-5,10-13H2,1-3H3. The van der Waals surface area contributed by atoms with E-state index in [-0.39, 0.29) is 5.91 Å². The fraction of sp³-hybridized carbons (Fsp3) is 0.588. The van der Waals surface area contributed by atoms with Crippen LogP contribution in [0.2, 0.25) is 0 Å². The van der Waals surface area contributed by atoms with Crippen LogP contribution in [0, 0.1) is 0 Å². The molecule has 1 aromatic rings. The van der Waals surface area contributed by atoms with E-state index in [9.17, 15) is 9.90 Å². The summed E-state index contributed by atoms with van der Waals surface area (Å²) in [6.07, 6.45) is 3.70. The number of amides is 1. The monoisotopic (exact) mass is 290 g/mol. The molecule has 0 aliphatic heterocycles. The van der Waals surface area contributed by atoms with Crippen LogP contribution in [0.1, 0.15) is 41.6 Å². The molecule has 1 saturated carbocycles. The summed E-state index contributed by atoms with van der Waals surface area (Å²) in [5, 5.41) is 10.4. The molecule has 1 N–H and O–H groups in total. The third-order valence-corrected chi connectivity index (χ3v) is 4.11. The zero-order valence-electron chi connectivity index (χ0n) is 13.3. The highest BCUT2D eigenvalue weighted by Gasteiger charge is 2.33. The Bertz CT molecular complexity index is 476. The van der Waals surface area contributed by atoms with Gasteiger partial charge >= 0.3 is 0 Å². The molecule has 0 radical (unpaired) electrons. The zero-order valence-corrected chi connectivity index (χ0v) is 13.3. The highest BCUT2D eigenvalue weighted by molar-refractivity contribution is 5.94. The van der Waals surface area contributed by atoms with Gasteiger partial charge in [0.15, 0.2) is 0 Å². The summed E-state index contributed by atoms with van der Waals surface area (Å²) in [7, 11) is 5.82. The summed E-state index contributed by atoms with van der Waals surface area (Å²) in [6.45, 7) is 1.29. The number of carbonyl (C=O) groups is 1. The molecule has 4 heteroatoms. The quantitative estimate of drug-likeness (QED) is 0.903. The van der Waals surface area contributed by atoms with E-state index in [0.717, 1.165) is 32.2 Å². The van der Waals surface area contributed by atoms with Gasteiger partial charge in [0.05, 0.1) is 5.60 Å². The van der Waals surface area contributed by atoms with Crippen LogP contribution < -0.4 is 0 Å². The minimum atomic E-state index is -0.685. The molecule has 0 unspecified atom stereocenters. The van der Waals surface area contributed by atoms with Crippen LogP contribution in [0.15, 0.2) is 24.3 Å². The predicted molar refractivity (Wildman–Crippen MR) is 84.2 cm³/mol. The zero-order chi connectivity index (χ0) is 15.5. The molecule has 21 heavy (non-hydrogen) atoms. The van der Waals surface area contributed by atoms with Gasteiger partial charge in [0.2, 0.25) is 0 Å². The van der Waals surface area contributed by atoms with Crippen LogP contribution in [0.25, 0.3) is 0 Å². The molecule has 0 bridgehead atoms. The van der Waals surface area contributed by atoms with Gasteiger partial charge in [0, 0.05) is 25.7 Å². The lowest BCUT2D eigenvalue weighted by Crippen LogP contribution is -2.42. The minimum Gasteiger partial charge on any atom is -0.388 e. The van der Waals surface area contributed by atoms with Crippen molar-refractivity contribution in [3.63, 3.8) is 0 Å². The largest absolute Gasteiger partial charge is 0.388 e. The van der Waals surface area contributed by atoms with Gasteiger partial charge in [-0.25, -0.2) is 0 Å². The van der Waals surface area contributed by atoms with Gasteiger partial charge in [0.1, 0.15) is 0 Å². The number of nitrogens with zero attached hydrogens (tertiary/aromatic N) is 2. The second-order valence-corrected chi connectivity index (χ2v) is 6.53. The Labute approximate surface area is 127 Å². The molecule has 116 valence electrons. The molecular weight excluding hydrogens is 264 g/mol. The number of benzene rings is 1. The van der Waals surface area contributed by atoms with Gasteiger partial charge in [0.25, 0.3) is 5.91 Å². The van der Waals surface area contributed by atoms with Gasteiger partial charge in [-0.05, 0) is 44.6 Å². The predicted octanol–water partition coefficient (Wildman–Crippen LogP) is 2.13. The Hall–Kier alpha value is -1.39. The SMILES string of the molecule is CN(C)Cc1ccc(C(=O)N(C)CC2(O)CCCC2)cc1. The van der Waals surface area contributed by atoms with Gasteiger partial charge in [-0.15, -0.1) is 0 Å². The average molecular weight is 290 g/mol. The first-order chi connectivity index (χ1) is 9.89. The Morgan fingerprint density at radius 1 is 1.14 bits per heavy atom. The Morgan fingerprint density at radius 2 is 1.71 bits per heavy atom. The van der Waals surface area contributed by atoms with Crippen molar-refractivity contribution in [2.75, 3.05) is 27.7 Å². The number of hydrogen-bond donors (Lipinski definition) is 1. The van der Waals surface area contributed by atoms with Crippen LogP contribution in [0.5, 0.6) is 0 Å². The van der Waals surface area contributed by atoms with Crippen LogP contribution in [0.4, 0.5) is 0 Å². The lowest BCUT2D eigenvalue weighted by Gasteiger charge is -2.28. The highest BCUT2D eigenvalue weighted by atomic mass is 16.3. The normalized spacial score (nSPS) is 17.2. The van der Waals surface area contributed by atoms with Crippen LogP contribution in [0.3, 0.4) is 0 Å². The Balaban J connectivity index is 1.98. The lowest BCUT2D eigenvalue weighted by molar-refractivity contribution is 0.0157. The molecule has 0 spiro atoms. The summed E-state index contributed by atoms with van der Waals surface area (Å²) in [5.41, 5.74) is 1.19. The van der Waals surface area contributed by atoms with Crippen molar-refractivity contribution in [2.24, 2.45) is 0 Å². The first-order valence-corrected chi connectivity index (χ1v) is 7.61. The molecule has 0 aromatic heterocycles. The fourth-order valence-electron chi connectivity index (χ4n) is 3.04. The molecule has 0 saturated heterocycles. The second-order valence-electron chi connectivity index (χ2n) is 6.53. The highest BCUT2D eigenvalue weighted by Crippen LogP contribution is 2.30. The average Bonchev–Trinajstić information content (AvgIpc) is 2.84.